The average molecular weight is 325 g/mol. The van der Waals surface area contributed by atoms with E-state index >= 15 is 0 Å². The topological polar surface area (TPSA) is 75.0 Å². The van der Waals surface area contributed by atoms with Crippen molar-refractivity contribution in [2.45, 2.75) is 19.9 Å². The highest BCUT2D eigenvalue weighted by Crippen LogP contribution is 2.23. The smallest absolute Gasteiger partial charge is 0.204 e. The van der Waals surface area contributed by atoms with E-state index in [2.05, 4.69) is 25.2 Å². The minimum Gasteiger partial charge on any atom is -0.506 e. The first-order chi connectivity index (χ1) is 11.7. The van der Waals surface area contributed by atoms with Crippen molar-refractivity contribution in [3.05, 3.63) is 47.8 Å². The lowest BCUT2D eigenvalue weighted by atomic mass is 10.2. The van der Waals surface area contributed by atoms with Crippen molar-refractivity contribution in [1.82, 2.24) is 19.9 Å². The quantitative estimate of drug-likeness (QED) is 0.582. The number of anilines is 1. The minimum absolute atomic E-state index is 0.208. The molecular formula is C18H23N5O. The maximum Gasteiger partial charge on any atom is 0.204 e. The SMILES string of the molecule is CNCCCNc1nc2ccccc2n1Cc1nc(C)ccc1O. The first-order valence-electron chi connectivity index (χ1n) is 8.18. The molecule has 0 aliphatic heterocycles. The van der Waals surface area contributed by atoms with E-state index in [4.69, 9.17) is 0 Å². The number of hydrogen-bond donors (Lipinski definition) is 3. The molecule has 24 heavy (non-hydrogen) atoms. The van der Waals surface area contributed by atoms with Crippen LogP contribution in [0, 0.1) is 6.92 Å². The lowest BCUT2D eigenvalue weighted by Gasteiger charge is -2.12. The van der Waals surface area contributed by atoms with Gasteiger partial charge in [0, 0.05) is 12.2 Å². The molecule has 3 aromatic rings. The number of rotatable bonds is 7. The van der Waals surface area contributed by atoms with Gasteiger partial charge in [-0.2, -0.15) is 0 Å². The van der Waals surface area contributed by atoms with Gasteiger partial charge in [0.1, 0.15) is 11.4 Å². The van der Waals surface area contributed by atoms with Crippen LogP contribution in [0.2, 0.25) is 0 Å². The third-order valence-electron chi connectivity index (χ3n) is 3.94. The first-order valence-corrected chi connectivity index (χ1v) is 8.18. The fraction of sp³-hybridized carbons (Fsp3) is 0.333. The van der Waals surface area contributed by atoms with Gasteiger partial charge in [-0.15, -0.1) is 0 Å². The summed E-state index contributed by atoms with van der Waals surface area (Å²) in [5, 5.41) is 16.7. The molecule has 0 saturated carbocycles. The molecule has 6 nitrogen and oxygen atoms in total. The Bertz CT molecular complexity index is 827. The van der Waals surface area contributed by atoms with Gasteiger partial charge in [0.2, 0.25) is 5.95 Å². The van der Waals surface area contributed by atoms with Gasteiger partial charge in [0.05, 0.1) is 17.6 Å². The predicted octanol–water partition coefficient (Wildman–Crippen LogP) is 2.52. The molecule has 0 spiro atoms. The van der Waals surface area contributed by atoms with E-state index in [1.54, 1.807) is 6.07 Å². The standard InChI is InChI=1S/C18H23N5O/c1-13-8-9-17(24)15(21-13)12-23-16-7-4-3-6-14(16)22-18(23)20-11-5-10-19-2/h3-4,6-9,19,24H,5,10-12H2,1-2H3,(H,20,22). The van der Waals surface area contributed by atoms with E-state index < -0.39 is 0 Å². The van der Waals surface area contributed by atoms with Gasteiger partial charge in [-0.25, -0.2) is 4.98 Å². The van der Waals surface area contributed by atoms with E-state index in [0.29, 0.717) is 12.2 Å². The number of benzene rings is 1. The number of pyridine rings is 1. The fourth-order valence-corrected chi connectivity index (χ4v) is 2.71. The van der Waals surface area contributed by atoms with Crippen LogP contribution >= 0.6 is 0 Å². The number of imidazole rings is 1. The molecule has 126 valence electrons. The maximum atomic E-state index is 10.1. The lowest BCUT2D eigenvalue weighted by molar-refractivity contribution is 0.461. The molecule has 6 heteroatoms. The second-order valence-corrected chi connectivity index (χ2v) is 5.81. The van der Waals surface area contributed by atoms with Crippen molar-refractivity contribution >= 4 is 17.0 Å². The summed E-state index contributed by atoms with van der Waals surface area (Å²) in [4.78, 5) is 9.15. The molecule has 0 amide bonds. The average Bonchev–Trinajstić information content (AvgIpc) is 2.93. The van der Waals surface area contributed by atoms with E-state index in [1.165, 1.54) is 0 Å². The first kappa shape index (κ1) is 16.3. The van der Waals surface area contributed by atoms with Gasteiger partial charge >= 0.3 is 0 Å². The van der Waals surface area contributed by atoms with Crippen LogP contribution in [0.4, 0.5) is 5.95 Å². The van der Waals surface area contributed by atoms with Gasteiger partial charge in [0.25, 0.3) is 0 Å². The molecular weight excluding hydrogens is 302 g/mol. The number of hydrogen-bond acceptors (Lipinski definition) is 5. The van der Waals surface area contributed by atoms with Crippen molar-refractivity contribution in [2.75, 3.05) is 25.5 Å². The van der Waals surface area contributed by atoms with Crippen LogP contribution in [0.1, 0.15) is 17.8 Å². The van der Waals surface area contributed by atoms with Gasteiger partial charge < -0.3 is 20.3 Å². The highest BCUT2D eigenvalue weighted by atomic mass is 16.3. The normalized spacial score (nSPS) is 11.1. The van der Waals surface area contributed by atoms with E-state index in [9.17, 15) is 5.11 Å². The van der Waals surface area contributed by atoms with Crippen molar-refractivity contribution in [2.24, 2.45) is 0 Å². The Hall–Kier alpha value is -2.60. The van der Waals surface area contributed by atoms with E-state index in [1.807, 2.05) is 44.3 Å². The summed E-state index contributed by atoms with van der Waals surface area (Å²) in [6.07, 6.45) is 1.01. The highest BCUT2D eigenvalue weighted by Gasteiger charge is 2.13. The summed E-state index contributed by atoms with van der Waals surface area (Å²) < 4.78 is 2.07. The Morgan fingerprint density at radius 1 is 1.08 bits per heavy atom. The Labute approximate surface area is 141 Å². The summed E-state index contributed by atoms with van der Waals surface area (Å²) >= 11 is 0. The third-order valence-corrected chi connectivity index (χ3v) is 3.94. The number of para-hydroxylation sites is 2. The number of nitrogens with zero attached hydrogens (tertiary/aromatic N) is 3. The summed E-state index contributed by atoms with van der Waals surface area (Å²) in [7, 11) is 1.95. The van der Waals surface area contributed by atoms with Crippen LogP contribution in [0.5, 0.6) is 5.75 Å². The summed E-state index contributed by atoms with van der Waals surface area (Å²) in [5.41, 5.74) is 3.49. The fourth-order valence-electron chi connectivity index (χ4n) is 2.71. The Morgan fingerprint density at radius 3 is 2.75 bits per heavy atom. The molecule has 3 N–H and O–H groups in total. The number of nitrogens with one attached hydrogen (secondary N) is 2. The molecule has 0 fully saturated rings. The number of aromatic hydroxyl groups is 1. The Balaban J connectivity index is 1.93. The third kappa shape index (κ3) is 3.49. The monoisotopic (exact) mass is 325 g/mol. The zero-order valence-electron chi connectivity index (χ0n) is 14.1. The summed E-state index contributed by atoms with van der Waals surface area (Å²) in [6.45, 7) is 4.18. The van der Waals surface area contributed by atoms with Crippen molar-refractivity contribution in [1.29, 1.82) is 0 Å². The molecule has 3 rings (SSSR count). The molecule has 2 aromatic heterocycles. The van der Waals surface area contributed by atoms with Crippen LogP contribution in [0.15, 0.2) is 36.4 Å². The van der Waals surface area contributed by atoms with Crippen molar-refractivity contribution < 1.29 is 5.11 Å². The van der Waals surface area contributed by atoms with Gasteiger partial charge in [-0.3, -0.25) is 4.98 Å². The predicted molar refractivity (Wildman–Crippen MR) is 96.5 cm³/mol. The van der Waals surface area contributed by atoms with Crippen LogP contribution in [-0.2, 0) is 6.54 Å². The Kier molecular flexibility index (Phi) is 4.96. The second-order valence-electron chi connectivity index (χ2n) is 5.81. The largest absolute Gasteiger partial charge is 0.506 e. The van der Waals surface area contributed by atoms with Crippen LogP contribution in [0.25, 0.3) is 11.0 Å². The number of fused-ring (bicyclic) bond motifs is 1. The van der Waals surface area contributed by atoms with Crippen LogP contribution in [-0.4, -0.2) is 39.8 Å². The number of aryl methyl sites for hydroxylation is 1. The second kappa shape index (κ2) is 7.31. The Morgan fingerprint density at radius 2 is 1.92 bits per heavy atom. The molecule has 0 bridgehead atoms. The summed E-state index contributed by atoms with van der Waals surface area (Å²) in [6, 6.07) is 11.5. The molecule has 0 unspecified atom stereocenters. The van der Waals surface area contributed by atoms with E-state index in [0.717, 1.165) is 42.2 Å². The summed E-state index contributed by atoms with van der Waals surface area (Å²) in [5.74, 6) is 1.01. The van der Waals surface area contributed by atoms with Gasteiger partial charge in [-0.05, 0) is 51.2 Å². The molecule has 0 radical (unpaired) electrons. The maximum absolute atomic E-state index is 10.1. The van der Waals surface area contributed by atoms with Crippen LogP contribution in [0.3, 0.4) is 0 Å². The molecule has 0 atom stereocenters. The van der Waals surface area contributed by atoms with Crippen molar-refractivity contribution in [3.8, 4) is 5.75 Å². The highest BCUT2D eigenvalue weighted by molar-refractivity contribution is 5.78. The van der Waals surface area contributed by atoms with Gasteiger partial charge in [-0.1, -0.05) is 12.1 Å². The van der Waals surface area contributed by atoms with E-state index in [-0.39, 0.29) is 5.75 Å². The van der Waals surface area contributed by atoms with Gasteiger partial charge in [0.15, 0.2) is 0 Å². The van der Waals surface area contributed by atoms with Crippen LogP contribution < -0.4 is 10.6 Å². The zero-order chi connectivity index (χ0) is 16.9. The zero-order valence-corrected chi connectivity index (χ0v) is 14.1. The molecule has 0 aliphatic carbocycles. The number of aromatic nitrogens is 3. The van der Waals surface area contributed by atoms with Crippen molar-refractivity contribution in [3.63, 3.8) is 0 Å². The molecule has 1 aromatic carbocycles. The molecule has 2 heterocycles. The minimum atomic E-state index is 0.208. The lowest BCUT2D eigenvalue weighted by Crippen LogP contribution is -2.15. The molecule has 0 saturated heterocycles. The molecule has 0 aliphatic rings.